The fourth-order valence-electron chi connectivity index (χ4n) is 1.09. The van der Waals surface area contributed by atoms with Crippen molar-refractivity contribution in [1.29, 1.82) is 0 Å². The molecule has 0 aliphatic heterocycles. The number of hydrogen-bond donors (Lipinski definition) is 0. The van der Waals surface area contributed by atoms with Gasteiger partial charge in [0.2, 0.25) is 0 Å². The van der Waals surface area contributed by atoms with Crippen molar-refractivity contribution in [1.82, 2.24) is 0 Å². The highest BCUT2D eigenvalue weighted by atomic mass is 32.3. The van der Waals surface area contributed by atoms with Crippen LogP contribution in [0.5, 0.6) is 0 Å². The Hall–Kier alpha value is -0.920. The molecule has 0 saturated heterocycles. The lowest BCUT2D eigenvalue weighted by molar-refractivity contribution is -0.130. The smallest absolute Gasteiger partial charge is 0.389 e. The first-order valence-corrected chi connectivity index (χ1v) is 6.31. The van der Waals surface area contributed by atoms with Gasteiger partial charge in [-0.15, -0.1) is 0 Å². The van der Waals surface area contributed by atoms with Crippen molar-refractivity contribution in [3.8, 4) is 0 Å². The molecule has 0 aliphatic rings. The summed E-state index contributed by atoms with van der Waals surface area (Å²) in [6.07, 6.45) is -6.30. The second-order valence-corrected chi connectivity index (χ2v) is 6.12. The minimum Gasteiger partial charge on any atom is -0.795 e. The summed E-state index contributed by atoms with van der Waals surface area (Å²) in [5.41, 5.74) is 0. The molecule has 7 heteroatoms. The molecule has 0 amide bonds. The Morgan fingerprint density at radius 1 is 1.12 bits per heavy atom. The Bertz CT molecular complexity index is 421. The molecule has 0 spiro atoms. The molecular weight excluding hydrogens is 245 g/mol. The zero-order valence-electron chi connectivity index (χ0n) is 8.07. The molecule has 0 N–H and O–H groups in total. The van der Waals surface area contributed by atoms with Gasteiger partial charge in [-0.1, -0.05) is 18.2 Å². The average Bonchev–Trinajstić information content (AvgIpc) is 2.15. The van der Waals surface area contributed by atoms with Crippen molar-refractivity contribution in [2.24, 2.45) is 0 Å². The minimum absolute atomic E-state index is 0.622. The second-order valence-electron chi connectivity index (χ2n) is 3.33. The summed E-state index contributed by atoms with van der Waals surface area (Å²) in [6, 6.07) is 6.02. The van der Waals surface area contributed by atoms with E-state index in [1.165, 1.54) is 18.2 Å². The molecule has 0 unspecified atom stereocenters. The van der Waals surface area contributed by atoms with Crippen LogP contribution in [0, 0.1) is 0 Å². The summed E-state index contributed by atoms with van der Waals surface area (Å²) in [4.78, 5) is -0.622. The van der Waals surface area contributed by atoms with Crippen molar-refractivity contribution in [2.75, 3.05) is 5.75 Å². The first-order valence-electron chi connectivity index (χ1n) is 4.32. The number of benzene rings is 1. The summed E-state index contributed by atoms with van der Waals surface area (Å²) in [5.74, 6) is -1.47. The fourth-order valence-corrected chi connectivity index (χ4v) is 2.60. The van der Waals surface area contributed by atoms with E-state index >= 15 is 0 Å². The first kappa shape index (κ1) is 13.1. The largest absolute Gasteiger partial charge is 0.795 e. The standard InChI is InChI=1S/C9H11F3O3S/c10-9(11,12)6-7-16(13,14,15)8-4-2-1-3-5-8/h1-5H,6-7H2,(H2,13,14,15)/p-2. The van der Waals surface area contributed by atoms with Crippen LogP contribution in [0.3, 0.4) is 0 Å². The van der Waals surface area contributed by atoms with Crippen LogP contribution >= 0.6 is 0 Å². The molecule has 0 saturated carbocycles. The first-order chi connectivity index (χ1) is 7.09. The molecule has 1 aromatic carbocycles. The molecule has 0 fully saturated rings. The number of alkyl halides is 3. The summed E-state index contributed by atoms with van der Waals surface area (Å²) in [7, 11) is -5.87. The third kappa shape index (κ3) is 3.58. The van der Waals surface area contributed by atoms with E-state index in [1.807, 2.05) is 0 Å². The minimum atomic E-state index is -5.87. The van der Waals surface area contributed by atoms with Gasteiger partial charge in [0.1, 0.15) is 0 Å². The van der Waals surface area contributed by atoms with Crippen molar-refractivity contribution in [3.05, 3.63) is 30.3 Å². The van der Waals surface area contributed by atoms with Crippen molar-refractivity contribution < 1.29 is 26.5 Å². The summed E-state index contributed by atoms with van der Waals surface area (Å²) in [5, 5.41) is 0. The molecule has 0 heterocycles. The van der Waals surface area contributed by atoms with E-state index in [9.17, 15) is 26.5 Å². The lowest BCUT2D eigenvalue weighted by Crippen LogP contribution is -2.38. The summed E-state index contributed by atoms with van der Waals surface area (Å²) < 4.78 is 69.9. The Balaban J connectivity index is 2.95. The molecule has 1 rings (SSSR count). The topological polar surface area (TPSA) is 63.2 Å². The molecule has 1 aromatic rings. The van der Waals surface area contributed by atoms with E-state index in [0.29, 0.717) is 0 Å². The highest BCUT2D eigenvalue weighted by molar-refractivity contribution is 8.10. The molecular formula is C9H9F3O3S-2. The predicted octanol–water partition coefficient (Wildman–Crippen LogP) is 2.08. The van der Waals surface area contributed by atoms with Crippen molar-refractivity contribution in [3.63, 3.8) is 0 Å². The van der Waals surface area contributed by atoms with Gasteiger partial charge in [-0.25, -0.2) is 0 Å². The van der Waals surface area contributed by atoms with Crippen molar-refractivity contribution in [2.45, 2.75) is 17.5 Å². The van der Waals surface area contributed by atoms with Crippen LogP contribution in [0.2, 0.25) is 0 Å². The Morgan fingerprint density at radius 3 is 2.06 bits per heavy atom. The molecule has 0 aliphatic carbocycles. The van der Waals surface area contributed by atoms with Gasteiger partial charge >= 0.3 is 6.18 Å². The van der Waals surface area contributed by atoms with Crippen LogP contribution in [0.4, 0.5) is 13.2 Å². The van der Waals surface area contributed by atoms with Gasteiger partial charge < -0.3 is 13.3 Å². The van der Waals surface area contributed by atoms with E-state index in [1.54, 1.807) is 0 Å². The Kier molecular flexibility index (Phi) is 3.15. The van der Waals surface area contributed by atoms with Gasteiger partial charge in [0.15, 0.2) is 0 Å². The average molecular weight is 254 g/mol. The third-order valence-corrected chi connectivity index (χ3v) is 4.03. The fraction of sp³-hybridized carbons (Fsp3) is 0.333. The normalized spacial score (nSPS) is 15.4. The SMILES string of the molecule is O=S([O-])([O-])(CCC(F)(F)F)c1ccccc1. The van der Waals surface area contributed by atoms with E-state index in [0.717, 1.165) is 12.1 Å². The van der Waals surface area contributed by atoms with Crippen molar-refractivity contribution >= 4 is 9.63 Å². The maximum atomic E-state index is 11.9. The van der Waals surface area contributed by atoms with Gasteiger partial charge in [0.05, 0.1) is 6.42 Å². The maximum absolute atomic E-state index is 11.9. The maximum Gasteiger partial charge on any atom is 0.389 e. The monoisotopic (exact) mass is 254 g/mol. The number of rotatable bonds is 3. The summed E-state index contributed by atoms with van der Waals surface area (Å²) >= 11 is 0. The zero-order chi connectivity index (χ0) is 12.5. The van der Waals surface area contributed by atoms with Crippen LogP contribution in [0.1, 0.15) is 6.42 Å². The summed E-state index contributed by atoms with van der Waals surface area (Å²) in [6.45, 7) is 0. The quantitative estimate of drug-likeness (QED) is 0.829. The highest BCUT2D eigenvalue weighted by Gasteiger charge is 2.29. The lowest BCUT2D eigenvalue weighted by Gasteiger charge is -2.56. The molecule has 0 bridgehead atoms. The van der Waals surface area contributed by atoms with Crippen LogP contribution < -0.4 is 0 Å². The molecule has 3 nitrogen and oxygen atoms in total. The van der Waals surface area contributed by atoms with E-state index in [4.69, 9.17) is 0 Å². The van der Waals surface area contributed by atoms with Gasteiger partial charge in [0, 0.05) is 0 Å². The number of halogens is 3. The van der Waals surface area contributed by atoms with E-state index in [2.05, 4.69) is 0 Å². The van der Waals surface area contributed by atoms with Gasteiger partial charge in [-0.2, -0.15) is 22.8 Å². The Morgan fingerprint density at radius 2 is 1.62 bits per heavy atom. The van der Waals surface area contributed by atoms with Crippen LogP contribution in [-0.4, -0.2) is 25.2 Å². The van der Waals surface area contributed by atoms with Crippen LogP contribution in [0.25, 0.3) is 0 Å². The lowest BCUT2D eigenvalue weighted by atomic mass is 10.4. The molecule has 0 aromatic heterocycles. The van der Waals surface area contributed by atoms with Gasteiger partial charge in [0.25, 0.3) is 0 Å². The molecule has 0 atom stereocenters. The predicted molar refractivity (Wildman–Crippen MR) is 49.9 cm³/mol. The second kappa shape index (κ2) is 3.83. The molecule has 92 valence electrons. The van der Waals surface area contributed by atoms with Crippen LogP contribution in [-0.2, 0) is 9.63 Å². The highest BCUT2D eigenvalue weighted by Crippen LogP contribution is 2.32. The molecule has 16 heavy (non-hydrogen) atoms. The number of sulfone groups is 3. The van der Waals surface area contributed by atoms with Crippen LogP contribution in [0.15, 0.2) is 35.2 Å². The van der Waals surface area contributed by atoms with E-state index in [-0.39, 0.29) is 0 Å². The third-order valence-electron chi connectivity index (χ3n) is 1.94. The van der Waals surface area contributed by atoms with E-state index < -0.39 is 32.9 Å². The van der Waals surface area contributed by atoms with Gasteiger partial charge in [-0.3, -0.25) is 0 Å². The number of hydrogen-bond acceptors (Lipinski definition) is 3. The Labute approximate surface area is 90.3 Å². The zero-order valence-corrected chi connectivity index (χ0v) is 8.88. The molecule has 0 radical (unpaired) electrons. The van der Waals surface area contributed by atoms with Gasteiger partial charge in [-0.05, 0) is 22.8 Å².